The number of likely N-dealkylation sites (tertiary alicyclic amines) is 1. The highest BCUT2D eigenvalue weighted by Crippen LogP contribution is 2.14. The number of benzene rings is 1. The largest absolute Gasteiger partial charge is 0.523 e. The van der Waals surface area contributed by atoms with Gasteiger partial charge in [0.2, 0.25) is 5.88 Å². The van der Waals surface area contributed by atoms with Crippen LogP contribution in [0, 0.1) is 0 Å². The van der Waals surface area contributed by atoms with Crippen molar-refractivity contribution < 1.29 is 9.85 Å². The highest BCUT2D eigenvalue weighted by molar-refractivity contribution is 5.85. The summed E-state index contributed by atoms with van der Waals surface area (Å²) < 4.78 is 0. The Morgan fingerprint density at radius 3 is 2.61 bits per heavy atom. The van der Waals surface area contributed by atoms with Crippen LogP contribution in [-0.2, 0) is 11.3 Å². The predicted octanol–water partition coefficient (Wildman–Crippen LogP) is 1.77. The zero-order valence-corrected chi connectivity index (χ0v) is 14.5. The van der Waals surface area contributed by atoms with E-state index in [-0.39, 0.29) is 12.4 Å². The molecule has 3 N–H and O–H groups in total. The summed E-state index contributed by atoms with van der Waals surface area (Å²) in [4.78, 5) is 7.76. The molecule has 128 valence electrons. The summed E-state index contributed by atoms with van der Waals surface area (Å²) in [5, 5.41) is 1.02. The fourth-order valence-electron chi connectivity index (χ4n) is 3.29. The number of hydrogen-bond acceptors (Lipinski definition) is 3. The second kappa shape index (κ2) is 8.55. The maximum Gasteiger partial charge on any atom is 0.232 e. The average Bonchev–Trinajstić information content (AvgIpc) is 2.90. The van der Waals surface area contributed by atoms with Gasteiger partial charge >= 0.3 is 0 Å². The average molecular weight is 339 g/mol. The molecule has 1 aromatic rings. The molecule has 0 saturated carbocycles. The van der Waals surface area contributed by atoms with Crippen LogP contribution < -0.4 is 10.7 Å². The first-order chi connectivity index (χ1) is 10.7. The molecule has 2 heterocycles. The lowest BCUT2D eigenvalue weighted by atomic mass is 10.1. The molecule has 3 rings (SSSR count). The Kier molecular flexibility index (Phi) is 6.72. The molecular weight excluding hydrogens is 312 g/mol. The second-order valence-corrected chi connectivity index (χ2v) is 6.34. The van der Waals surface area contributed by atoms with Gasteiger partial charge in [0.05, 0.1) is 12.6 Å². The fourth-order valence-corrected chi connectivity index (χ4v) is 3.29. The molecule has 2 aliphatic rings. The molecular formula is C17H27ClN4O. The Bertz CT molecular complexity index is 517. The molecule has 1 saturated heterocycles. The van der Waals surface area contributed by atoms with Crippen molar-refractivity contribution in [3.63, 3.8) is 0 Å². The minimum absolute atomic E-state index is 0. The van der Waals surface area contributed by atoms with Crippen LogP contribution >= 0.6 is 12.4 Å². The summed E-state index contributed by atoms with van der Waals surface area (Å²) in [6, 6.07) is 10.8. The third-order valence-electron chi connectivity index (χ3n) is 4.53. The Morgan fingerprint density at radius 1 is 1.22 bits per heavy atom. The molecule has 0 bridgehead atoms. The van der Waals surface area contributed by atoms with Crippen LogP contribution in [0.15, 0.2) is 41.9 Å². The van der Waals surface area contributed by atoms with Gasteiger partial charge in [-0.3, -0.25) is 10.5 Å². The van der Waals surface area contributed by atoms with Gasteiger partial charge in [0, 0.05) is 6.42 Å². The number of rotatable bonds is 5. The van der Waals surface area contributed by atoms with E-state index in [1.165, 1.54) is 24.8 Å². The second-order valence-electron chi connectivity index (χ2n) is 6.34. The van der Waals surface area contributed by atoms with E-state index in [0.717, 1.165) is 36.8 Å². The monoisotopic (exact) mass is 338 g/mol. The van der Waals surface area contributed by atoms with Crippen molar-refractivity contribution in [3.8, 4) is 0 Å². The zero-order chi connectivity index (χ0) is 15.4. The minimum Gasteiger partial charge on any atom is -0.523 e. The highest BCUT2D eigenvalue weighted by atomic mass is 35.5. The lowest BCUT2D eigenvalue weighted by molar-refractivity contribution is -0.854. The molecule has 0 amide bonds. The number of halogens is 1. The molecule has 0 spiro atoms. The van der Waals surface area contributed by atoms with Gasteiger partial charge in [-0.15, -0.1) is 12.4 Å². The lowest BCUT2D eigenvalue weighted by Crippen LogP contribution is -3.09. The topological polar surface area (TPSA) is 57.0 Å². The quantitative estimate of drug-likeness (QED) is 0.860. The molecule has 1 aromatic carbocycles. The Morgan fingerprint density at radius 2 is 1.91 bits per heavy atom. The lowest BCUT2D eigenvalue weighted by Gasteiger charge is -2.33. The minimum atomic E-state index is 0. The summed E-state index contributed by atoms with van der Waals surface area (Å²) in [7, 11) is 0. The van der Waals surface area contributed by atoms with Crippen molar-refractivity contribution in [1.82, 2.24) is 4.90 Å². The van der Waals surface area contributed by atoms with Crippen LogP contribution in [0.5, 0.6) is 0 Å². The van der Waals surface area contributed by atoms with E-state index in [1.54, 1.807) is 0 Å². The molecule has 2 unspecified atom stereocenters. The maximum absolute atomic E-state index is 6.03. The van der Waals surface area contributed by atoms with Crippen molar-refractivity contribution in [2.75, 3.05) is 19.6 Å². The van der Waals surface area contributed by atoms with E-state index in [4.69, 9.17) is 10.6 Å². The molecule has 6 heteroatoms. The first-order valence-electron chi connectivity index (χ1n) is 8.24. The van der Waals surface area contributed by atoms with Gasteiger partial charge in [-0.25, -0.2) is 0 Å². The van der Waals surface area contributed by atoms with Crippen molar-refractivity contribution in [3.05, 3.63) is 53.1 Å². The molecule has 23 heavy (non-hydrogen) atoms. The fraction of sp³-hybridized carbons (Fsp3) is 0.529. The van der Waals surface area contributed by atoms with E-state index in [1.807, 2.05) is 6.07 Å². The number of piperidine rings is 1. The summed E-state index contributed by atoms with van der Waals surface area (Å²) in [6.07, 6.45) is 4.85. The number of nitrogens with one attached hydrogen (secondary N) is 1. The van der Waals surface area contributed by atoms with Crippen molar-refractivity contribution >= 4 is 12.4 Å². The standard InChI is InChI=1S/C17H26N4O.ClH/c1-14(12-15-8-4-2-5-9-15)21-16(17(18)22-19-21)13-20-10-6-3-7-11-20;/h2,4-5,8-9,14,21H,3,6-7,10-13,18H2,1H3;1H. The van der Waals surface area contributed by atoms with E-state index >= 15 is 0 Å². The molecule has 0 aliphatic carbocycles. The Hall–Kier alpha value is -1.27. The van der Waals surface area contributed by atoms with Crippen molar-refractivity contribution in [2.24, 2.45) is 5.73 Å². The molecule has 0 aromatic heterocycles. The summed E-state index contributed by atoms with van der Waals surface area (Å²) in [5.41, 5.74) is 12.7. The number of quaternary nitrogens is 1. The summed E-state index contributed by atoms with van der Waals surface area (Å²) in [6.45, 7) is 5.36. The van der Waals surface area contributed by atoms with Crippen LogP contribution in [0.25, 0.3) is 5.59 Å². The van der Waals surface area contributed by atoms with E-state index in [0.29, 0.717) is 11.9 Å². The van der Waals surface area contributed by atoms with Crippen LogP contribution in [0.1, 0.15) is 31.7 Å². The third kappa shape index (κ3) is 4.61. The number of hydrogen-bond donors (Lipinski definition) is 2. The highest BCUT2D eigenvalue weighted by Gasteiger charge is 2.28. The van der Waals surface area contributed by atoms with Crippen LogP contribution in [0.4, 0.5) is 0 Å². The van der Waals surface area contributed by atoms with E-state index in [2.05, 4.69) is 41.7 Å². The van der Waals surface area contributed by atoms with Gasteiger partial charge in [-0.2, -0.15) is 0 Å². The molecule has 1 fully saturated rings. The van der Waals surface area contributed by atoms with Gasteiger partial charge in [0.1, 0.15) is 0 Å². The van der Waals surface area contributed by atoms with Gasteiger partial charge in [0.25, 0.3) is 0 Å². The van der Waals surface area contributed by atoms with Crippen LogP contribution in [0.2, 0.25) is 0 Å². The first kappa shape index (κ1) is 18.1. The molecule has 2 atom stereocenters. The van der Waals surface area contributed by atoms with Gasteiger partial charge in [-0.05, 0) is 38.4 Å². The first-order valence-corrected chi connectivity index (χ1v) is 8.24. The third-order valence-corrected chi connectivity index (χ3v) is 4.53. The smallest absolute Gasteiger partial charge is 0.232 e. The Balaban J connectivity index is 0.00000192. The van der Waals surface area contributed by atoms with Crippen molar-refractivity contribution in [1.29, 1.82) is 0 Å². The van der Waals surface area contributed by atoms with Gasteiger partial charge in [-0.1, -0.05) is 36.8 Å². The number of nitrogens with two attached hydrogens (primary N) is 1. The van der Waals surface area contributed by atoms with E-state index < -0.39 is 0 Å². The van der Waals surface area contributed by atoms with Crippen molar-refractivity contribution in [2.45, 2.75) is 38.6 Å². The Labute approximate surface area is 144 Å². The molecule has 2 aliphatic heterocycles. The van der Waals surface area contributed by atoms with Crippen LogP contribution in [-0.4, -0.2) is 30.6 Å². The van der Waals surface area contributed by atoms with Gasteiger partial charge in [0.15, 0.2) is 5.70 Å². The maximum atomic E-state index is 6.03. The molecule has 0 radical (unpaired) electrons. The van der Waals surface area contributed by atoms with Crippen LogP contribution in [0.3, 0.4) is 0 Å². The SMILES string of the molecule is CC(Cc1ccccc1)[NH+]1[N-]OC(N)=C1CN1CCCCC1.Cl. The summed E-state index contributed by atoms with van der Waals surface area (Å²) >= 11 is 0. The predicted molar refractivity (Wildman–Crippen MR) is 93.8 cm³/mol. The molecule has 5 nitrogen and oxygen atoms in total. The zero-order valence-electron chi connectivity index (χ0n) is 13.7. The van der Waals surface area contributed by atoms with Gasteiger partial charge < -0.3 is 15.6 Å². The van der Waals surface area contributed by atoms with E-state index in [9.17, 15) is 0 Å². The summed E-state index contributed by atoms with van der Waals surface area (Å²) in [5.74, 6) is 0.487. The number of nitrogens with zero attached hydrogens (tertiary/aromatic N) is 2. The normalized spacial score (nSPS) is 23.3.